The molecule has 5 nitrogen and oxygen atoms in total. The lowest BCUT2D eigenvalue weighted by Gasteiger charge is -2.19. The van der Waals surface area contributed by atoms with Crippen molar-refractivity contribution in [2.45, 2.75) is 17.6 Å². The second kappa shape index (κ2) is 7.86. The summed E-state index contributed by atoms with van der Waals surface area (Å²) >= 11 is 1.52. The van der Waals surface area contributed by atoms with Crippen molar-refractivity contribution in [3.63, 3.8) is 0 Å². The lowest BCUT2D eigenvalue weighted by molar-refractivity contribution is 0.0990. The highest BCUT2D eigenvalue weighted by molar-refractivity contribution is 7.98. The third-order valence-electron chi connectivity index (χ3n) is 4.47. The van der Waals surface area contributed by atoms with Gasteiger partial charge < -0.3 is 9.42 Å². The molecule has 1 aromatic heterocycles. The van der Waals surface area contributed by atoms with Crippen molar-refractivity contribution in [2.24, 2.45) is 0 Å². The summed E-state index contributed by atoms with van der Waals surface area (Å²) in [6.45, 7) is 1.76. The van der Waals surface area contributed by atoms with Crippen molar-refractivity contribution in [2.75, 3.05) is 11.9 Å². The highest BCUT2D eigenvalue weighted by Gasteiger charge is 2.18. The van der Waals surface area contributed by atoms with Gasteiger partial charge in [0.25, 0.3) is 5.91 Å². The number of carbonyl (C=O) groups is 1. The van der Waals surface area contributed by atoms with E-state index in [1.165, 1.54) is 11.8 Å². The topological polar surface area (TPSA) is 59.2 Å². The predicted octanol–water partition coefficient (Wildman–Crippen LogP) is 5.10. The summed E-state index contributed by atoms with van der Waals surface area (Å²) < 4.78 is 5.01. The molecule has 0 aliphatic heterocycles. The number of carbonyl (C=O) groups excluding carboxylic acids is 1. The first-order valence-electron chi connectivity index (χ1n) is 8.90. The minimum atomic E-state index is -0.0531. The minimum Gasteiger partial charge on any atom is -0.340 e. The van der Waals surface area contributed by atoms with E-state index in [2.05, 4.69) is 16.2 Å². The van der Waals surface area contributed by atoms with Crippen molar-refractivity contribution in [1.29, 1.82) is 0 Å². The summed E-state index contributed by atoms with van der Waals surface area (Å²) in [6, 6.07) is 21.8. The van der Waals surface area contributed by atoms with Crippen molar-refractivity contribution < 1.29 is 9.32 Å². The van der Waals surface area contributed by atoms with Crippen LogP contribution < -0.4 is 4.90 Å². The summed E-state index contributed by atoms with van der Waals surface area (Å²) in [7, 11) is 1.80. The molecule has 0 saturated carbocycles. The first-order chi connectivity index (χ1) is 13.6. The summed E-state index contributed by atoms with van der Waals surface area (Å²) in [5.74, 6) is 1.65. The summed E-state index contributed by atoms with van der Waals surface area (Å²) in [5.41, 5.74) is 1.51. The Bertz CT molecular complexity index is 1140. The average Bonchev–Trinajstić information content (AvgIpc) is 3.16. The summed E-state index contributed by atoms with van der Waals surface area (Å²) in [5, 5.41) is 6.17. The molecule has 0 N–H and O–H groups in total. The Morgan fingerprint density at radius 3 is 2.57 bits per heavy atom. The first-order valence-corrected chi connectivity index (χ1v) is 9.88. The molecule has 4 aromatic rings. The Hall–Kier alpha value is -3.12. The second-order valence-corrected chi connectivity index (χ2v) is 7.43. The number of nitrogens with zero attached hydrogens (tertiary/aromatic N) is 3. The van der Waals surface area contributed by atoms with Gasteiger partial charge in [-0.3, -0.25) is 4.79 Å². The third-order valence-corrected chi connectivity index (χ3v) is 5.54. The van der Waals surface area contributed by atoms with Gasteiger partial charge in [0, 0.05) is 24.6 Å². The van der Waals surface area contributed by atoms with Crippen LogP contribution in [0.3, 0.4) is 0 Å². The van der Waals surface area contributed by atoms with E-state index in [0.717, 1.165) is 21.4 Å². The number of thioether (sulfide) groups is 1. The van der Waals surface area contributed by atoms with Gasteiger partial charge in [-0.1, -0.05) is 47.6 Å². The molecule has 0 atom stereocenters. The highest BCUT2D eigenvalue weighted by Crippen LogP contribution is 2.28. The number of benzene rings is 3. The molecule has 4 rings (SSSR count). The van der Waals surface area contributed by atoms with Crippen LogP contribution in [0, 0.1) is 6.92 Å². The number of hydrogen-bond donors (Lipinski definition) is 0. The monoisotopic (exact) mass is 389 g/mol. The standard InChI is InChI=1S/C22H19N3O2S/c1-15-23-21(24-27-15)14-28-20-10-6-5-9-19(20)22(26)25(2)18-12-11-16-7-3-4-8-17(16)13-18/h3-13H,14H2,1-2H3. The number of aromatic nitrogens is 2. The molecule has 0 spiro atoms. The van der Waals surface area contributed by atoms with Crippen molar-refractivity contribution >= 4 is 34.1 Å². The number of amides is 1. The van der Waals surface area contributed by atoms with Crippen LogP contribution in [-0.4, -0.2) is 23.1 Å². The molecule has 0 saturated heterocycles. The Morgan fingerprint density at radius 1 is 1.04 bits per heavy atom. The molecule has 0 fully saturated rings. The first kappa shape index (κ1) is 18.3. The smallest absolute Gasteiger partial charge is 0.259 e. The van der Waals surface area contributed by atoms with Crippen LogP contribution >= 0.6 is 11.8 Å². The maximum absolute atomic E-state index is 13.2. The Kier molecular flexibility index (Phi) is 5.12. The van der Waals surface area contributed by atoms with E-state index in [1.54, 1.807) is 18.9 Å². The second-order valence-electron chi connectivity index (χ2n) is 6.41. The number of rotatable bonds is 5. The number of fused-ring (bicyclic) bond motifs is 1. The SMILES string of the molecule is Cc1nc(CSc2ccccc2C(=O)N(C)c2ccc3ccccc3c2)no1. The molecule has 28 heavy (non-hydrogen) atoms. The number of anilines is 1. The van der Waals surface area contributed by atoms with Gasteiger partial charge in [-0.2, -0.15) is 4.98 Å². The Morgan fingerprint density at radius 2 is 1.79 bits per heavy atom. The van der Waals surface area contributed by atoms with Crippen LogP contribution in [0.2, 0.25) is 0 Å². The third kappa shape index (κ3) is 3.77. The molecule has 1 heterocycles. The fourth-order valence-electron chi connectivity index (χ4n) is 2.99. The van der Waals surface area contributed by atoms with Crippen molar-refractivity contribution in [3.05, 3.63) is 84.0 Å². The molecule has 0 radical (unpaired) electrons. The fourth-order valence-corrected chi connectivity index (χ4v) is 3.88. The van der Waals surface area contributed by atoms with Gasteiger partial charge in [-0.05, 0) is 35.0 Å². The van der Waals surface area contributed by atoms with E-state index < -0.39 is 0 Å². The van der Waals surface area contributed by atoms with E-state index in [-0.39, 0.29) is 5.91 Å². The van der Waals surface area contributed by atoms with Crippen LogP contribution in [0.25, 0.3) is 10.8 Å². The quantitative estimate of drug-likeness (QED) is 0.445. The maximum Gasteiger partial charge on any atom is 0.259 e. The zero-order valence-electron chi connectivity index (χ0n) is 15.6. The minimum absolute atomic E-state index is 0.0531. The molecule has 3 aromatic carbocycles. The van der Waals surface area contributed by atoms with Gasteiger partial charge in [0.2, 0.25) is 5.89 Å². The van der Waals surface area contributed by atoms with Crippen LogP contribution in [0.15, 0.2) is 76.1 Å². The van der Waals surface area contributed by atoms with Crippen molar-refractivity contribution in [3.8, 4) is 0 Å². The van der Waals surface area contributed by atoms with E-state index in [4.69, 9.17) is 4.52 Å². The molecular weight excluding hydrogens is 370 g/mol. The zero-order valence-corrected chi connectivity index (χ0v) is 16.4. The van der Waals surface area contributed by atoms with Crippen LogP contribution in [0.1, 0.15) is 22.1 Å². The Balaban J connectivity index is 1.58. The number of hydrogen-bond acceptors (Lipinski definition) is 5. The van der Waals surface area contributed by atoms with E-state index >= 15 is 0 Å². The lowest BCUT2D eigenvalue weighted by atomic mass is 10.1. The van der Waals surface area contributed by atoms with Crippen LogP contribution in [0.5, 0.6) is 0 Å². The number of aryl methyl sites for hydroxylation is 1. The molecule has 140 valence electrons. The highest BCUT2D eigenvalue weighted by atomic mass is 32.2. The van der Waals surface area contributed by atoms with Gasteiger partial charge in [-0.15, -0.1) is 11.8 Å². The fraction of sp³-hybridized carbons (Fsp3) is 0.136. The van der Waals surface area contributed by atoms with Gasteiger partial charge in [0.1, 0.15) is 0 Å². The zero-order chi connectivity index (χ0) is 19.5. The van der Waals surface area contributed by atoms with Crippen molar-refractivity contribution in [1.82, 2.24) is 10.1 Å². The maximum atomic E-state index is 13.2. The van der Waals surface area contributed by atoms with E-state index in [9.17, 15) is 4.79 Å². The predicted molar refractivity (Wildman–Crippen MR) is 112 cm³/mol. The molecular formula is C22H19N3O2S. The van der Waals surface area contributed by atoms with E-state index in [0.29, 0.717) is 23.0 Å². The molecule has 0 aliphatic rings. The summed E-state index contributed by atoms with van der Waals surface area (Å²) in [4.78, 5) is 20.0. The molecule has 0 bridgehead atoms. The van der Waals surface area contributed by atoms with Gasteiger partial charge in [0.05, 0.1) is 11.3 Å². The Labute approximate surface area is 167 Å². The van der Waals surface area contributed by atoms with Gasteiger partial charge in [0.15, 0.2) is 5.82 Å². The summed E-state index contributed by atoms with van der Waals surface area (Å²) in [6.07, 6.45) is 0. The normalized spacial score (nSPS) is 10.9. The van der Waals surface area contributed by atoms with Gasteiger partial charge in [-0.25, -0.2) is 0 Å². The van der Waals surface area contributed by atoms with Crippen LogP contribution in [-0.2, 0) is 5.75 Å². The molecule has 1 amide bonds. The molecule has 6 heteroatoms. The molecule has 0 unspecified atom stereocenters. The van der Waals surface area contributed by atoms with E-state index in [1.807, 2.05) is 60.7 Å². The lowest BCUT2D eigenvalue weighted by Crippen LogP contribution is -2.26. The average molecular weight is 389 g/mol. The van der Waals surface area contributed by atoms with Gasteiger partial charge >= 0.3 is 0 Å². The largest absolute Gasteiger partial charge is 0.340 e. The van der Waals surface area contributed by atoms with Crippen LogP contribution in [0.4, 0.5) is 5.69 Å². The molecule has 0 aliphatic carbocycles.